The molecule has 2 bridgehead atoms. The van der Waals surface area contributed by atoms with Gasteiger partial charge in [0, 0.05) is 28.7 Å². The van der Waals surface area contributed by atoms with Gasteiger partial charge >= 0.3 is 27.0 Å². The summed E-state index contributed by atoms with van der Waals surface area (Å²) in [6.07, 6.45) is 25.8. The number of fused-ring (bicyclic) bond motifs is 2. The Morgan fingerprint density at radius 3 is 1.27 bits per heavy atom. The smallest absolute Gasteiger partial charge is 1.00 e. The molecule has 2 aromatic carbocycles. The van der Waals surface area contributed by atoms with E-state index < -0.39 is 7.54 Å². The van der Waals surface area contributed by atoms with Crippen LogP contribution in [0.2, 0.25) is 0 Å². The Kier molecular flexibility index (Phi) is 21.4. The summed E-state index contributed by atoms with van der Waals surface area (Å²) in [7, 11) is -3.88. The van der Waals surface area contributed by atoms with Gasteiger partial charge in [-0.1, -0.05) is 85.0 Å². The molecule has 0 aromatic heterocycles. The number of allylic oxidation sites excluding steroid dienone is 4. The van der Waals surface area contributed by atoms with Gasteiger partial charge < -0.3 is 19.6 Å². The number of halogens is 4. The van der Waals surface area contributed by atoms with Crippen LogP contribution in [0.3, 0.4) is 0 Å². The molecule has 228 valence electrons. The fourth-order valence-electron chi connectivity index (χ4n) is 6.56. The van der Waals surface area contributed by atoms with E-state index in [0.29, 0.717) is 0 Å². The van der Waals surface area contributed by atoms with Gasteiger partial charge in [-0.05, 0) is 55.1 Å². The Hall–Kier alpha value is -0.812. The van der Waals surface area contributed by atoms with Gasteiger partial charge in [0.1, 0.15) is 0 Å². The Morgan fingerprint density at radius 1 is 0.634 bits per heavy atom. The van der Waals surface area contributed by atoms with E-state index in [9.17, 15) is 12.9 Å². The predicted octanol–water partition coefficient (Wildman–Crippen LogP) is 6.76. The largest absolute Gasteiger partial charge is 3.00 e. The molecule has 0 N–H and O–H groups in total. The van der Waals surface area contributed by atoms with Gasteiger partial charge in [0.25, 0.3) is 0 Å². The fraction of sp³-hybridized carbons (Fsp3) is 0.455. The van der Waals surface area contributed by atoms with Crippen molar-refractivity contribution in [2.75, 3.05) is 24.6 Å². The molecule has 0 spiro atoms. The molecule has 8 heteroatoms. The van der Waals surface area contributed by atoms with E-state index in [1.165, 1.54) is 44.9 Å². The standard InChI is InChI=1S/C24H32P2.C7H8.2CH3.BF3.FH.Rh/c1-3-9-21(10-4-1)19-23-13-7-15-25(23)17-18-26-16-8-14-24(26)20-22-11-5-2-6-12-22;1-2-7-4-3-6(1)5-7;;;2-1(3)4;;/h1-6,9-12,23-24H,7-8,13-20H2;1-4,6-7H,5H2;2*1H3;;1H;/q;;2*-1;;;+3/p+1/t23-,24-,25?,26?;;;;;;/m0....../s1. The van der Waals surface area contributed by atoms with Crippen molar-refractivity contribution in [3.05, 3.63) is 111 Å². The van der Waals surface area contributed by atoms with E-state index in [1.807, 2.05) is 0 Å². The average molecular weight is 696 g/mol. The first-order valence-electron chi connectivity index (χ1n) is 14.1. The second-order valence-corrected chi connectivity index (χ2v) is 17.2. The van der Waals surface area contributed by atoms with Crippen LogP contribution in [0.4, 0.5) is 12.9 Å². The average Bonchev–Trinajstić information content (AvgIpc) is 3.71. The van der Waals surface area contributed by atoms with E-state index in [0.717, 1.165) is 23.2 Å². The number of benzene rings is 2. The summed E-state index contributed by atoms with van der Waals surface area (Å²) in [6, 6.07) is 22.6. The Bertz CT molecular complexity index is 889. The molecular formula is C33H48BF4P2Rh+2. The van der Waals surface area contributed by atoms with Crippen molar-refractivity contribution in [3.63, 3.8) is 0 Å². The third-order valence-corrected chi connectivity index (χ3v) is 16.0. The van der Waals surface area contributed by atoms with Gasteiger partial charge in [0.2, 0.25) is 0 Å². The molecule has 2 unspecified atom stereocenters. The van der Waals surface area contributed by atoms with Crippen LogP contribution >= 0.6 is 15.8 Å². The van der Waals surface area contributed by atoms with E-state index in [4.69, 9.17) is 0 Å². The molecule has 0 radical (unpaired) electrons. The van der Waals surface area contributed by atoms with Crippen molar-refractivity contribution in [1.82, 2.24) is 0 Å². The van der Waals surface area contributed by atoms with Crippen LogP contribution in [0.15, 0.2) is 85.0 Å². The van der Waals surface area contributed by atoms with Crippen molar-refractivity contribution in [1.29, 1.82) is 0 Å². The molecular weight excluding hydrogens is 648 g/mol. The second-order valence-electron chi connectivity index (χ2n) is 11.0. The molecule has 4 aliphatic rings. The Balaban J connectivity index is 0.000000900. The molecule has 6 rings (SSSR count). The minimum Gasteiger partial charge on any atom is -1.00 e. The summed E-state index contributed by atoms with van der Waals surface area (Å²) in [4.78, 5) is 0. The monoisotopic (exact) mass is 696 g/mol. The number of rotatable bonds is 7. The topological polar surface area (TPSA) is 0 Å². The van der Waals surface area contributed by atoms with Gasteiger partial charge in [0.15, 0.2) is 0 Å². The summed E-state index contributed by atoms with van der Waals surface area (Å²) in [6.45, 7) is 0. The molecule has 0 nitrogen and oxygen atoms in total. The summed E-state index contributed by atoms with van der Waals surface area (Å²) < 4.78 is 29.0. The maximum Gasteiger partial charge on any atom is 3.00 e. The summed E-state index contributed by atoms with van der Waals surface area (Å²) in [5.41, 5.74) is 5.27. The first kappa shape index (κ1) is 40.2. The molecule has 2 aliphatic carbocycles. The normalized spacial score (nSPS) is 26.1. The van der Waals surface area contributed by atoms with Crippen molar-refractivity contribution in [2.45, 2.75) is 56.3 Å². The molecule has 4 atom stereocenters. The van der Waals surface area contributed by atoms with Crippen LogP contribution in [-0.2, 0) is 32.3 Å². The molecule has 0 amide bonds. The van der Waals surface area contributed by atoms with Crippen molar-refractivity contribution in [2.24, 2.45) is 11.8 Å². The zero-order chi connectivity index (χ0) is 25.9. The maximum absolute atomic E-state index is 9.67. The summed E-state index contributed by atoms with van der Waals surface area (Å²) >= 11 is 0. The van der Waals surface area contributed by atoms with Gasteiger partial charge in [-0.15, -0.1) is 0 Å². The second kappa shape index (κ2) is 21.8. The zero-order valence-corrected chi connectivity index (χ0v) is 28.2. The van der Waals surface area contributed by atoms with Crippen LogP contribution in [0.1, 0.15) is 43.2 Å². The molecule has 2 aromatic rings. The minimum absolute atomic E-state index is 0. The van der Waals surface area contributed by atoms with Gasteiger partial charge in [-0.3, -0.25) is 12.9 Å². The van der Waals surface area contributed by atoms with Crippen molar-refractivity contribution < 1.29 is 37.1 Å². The summed E-state index contributed by atoms with van der Waals surface area (Å²) in [5.74, 6) is 1.62. The van der Waals surface area contributed by atoms with Crippen LogP contribution in [0.5, 0.6) is 0 Å². The predicted molar refractivity (Wildman–Crippen MR) is 174 cm³/mol. The molecule has 2 fully saturated rings. The number of hydrogen-bond acceptors (Lipinski definition) is 0. The van der Waals surface area contributed by atoms with Crippen LogP contribution < -0.4 is 4.70 Å². The van der Waals surface area contributed by atoms with Crippen LogP contribution in [-0.4, -0.2) is 43.5 Å². The number of hydrogen-bond donors (Lipinski definition) is 0. The Labute approximate surface area is 263 Å². The Morgan fingerprint density at radius 2 is 0.976 bits per heavy atom. The third kappa shape index (κ3) is 14.0. The molecule has 0 saturated carbocycles. The fourth-order valence-corrected chi connectivity index (χ4v) is 14.9. The van der Waals surface area contributed by atoms with E-state index in [-0.39, 0.29) is 54.9 Å². The maximum atomic E-state index is 9.67. The van der Waals surface area contributed by atoms with Gasteiger partial charge in [-0.25, -0.2) is 0 Å². The third-order valence-electron chi connectivity index (χ3n) is 8.43. The van der Waals surface area contributed by atoms with Gasteiger partial charge in [-0.2, -0.15) is 0 Å². The summed E-state index contributed by atoms with van der Waals surface area (Å²) in [5, 5.41) is 0. The van der Waals surface area contributed by atoms with Crippen molar-refractivity contribution in [3.8, 4) is 0 Å². The van der Waals surface area contributed by atoms with Crippen LogP contribution in [0, 0.1) is 26.7 Å². The molecule has 2 aliphatic heterocycles. The van der Waals surface area contributed by atoms with E-state index >= 15 is 0 Å². The SMILES string of the molecule is C1=CC2C=CC1C2.FB(F)F.[CH3-].[CH3-].[F-].[Rh+3].c1ccc(C[C@@H]2CCC[PH+]2CC[PH+]2CCC[C@H]2Cc2ccccc2)cc1. The van der Waals surface area contributed by atoms with Gasteiger partial charge in [0.05, 0.1) is 36.0 Å². The molecule has 41 heavy (non-hydrogen) atoms. The first-order chi connectivity index (χ1) is 18.1. The molecule has 2 heterocycles. The first-order valence-corrected chi connectivity index (χ1v) is 18.1. The van der Waals surface area contributed by atoms with Crippen LogP contribution in [0.25, 0.3) is 0 Å². The van der Waals surface area contributed by atoms with E-state index in [2.05, 4.69) is 85.0 Å². The zero-order valence-electron chi connectivity index (χ0n) is 24.6. The molecule has 2 saturated heterocycles. The van der Waals surface area contributed by atoms with E-state index in [1.54, 1.807) is 35.8 Å². The van der Waals surface area contributed by atoms with Crippen molar-refractivity contribution >= 4 is 23.4 Å². The minimum atomic E-state index is -3.67. The quantitative estimate of drug-likeness (QED) is 0.0989.